The molecule has 0 spiro atoms. The first-order chi connectivity index (χ1) is 58.1. The number of benzene rings is 13. The maximum Gasteiger partial charge on any atom is 0.164 e. The summed E-state index contributed by atoms with van der Waals surface area (Å²) in [6.07, 6.45) is 0. The molecule has 0 radical (unpaired) electrons. The lowest BCUT2D eigenvalue weighted by atomic mass is 9.78. The summed E-state index contributed by atoms with van der Waals surface area (Å²) in [6, 6.07) is 101. The molecule has 0 atom stereocenters. The molecule has 6 nitrogen and oxygen atoms in total. The van der Waals surface area contributed by atoms with Crippen molar-refractivity contribution >= 4 is 10.8 Å². The molecule has 0 N–H and O–H groups in total. The van der Waals surface area contributed by atoms with E-state index in [1.807, 2.05) is 0 Å². The van der Waals surface area contributed by atoms with Crippen LogP contribution >= 0.6 is 0 Å². The van der Waals surface area contributed by atoms with Crippen LogP contribution in [0.1, 0.15) is 241 Å². The standard InChI is InChI=1S/C59H65N3.C59H61N3/c1-36-25-26-48-49-24-18-23-47(51(49)59(14,15)50(48)27-36)39-21-16-19-37(28-39)38-20-17-22-40(29-38)52-60-53(41-30-43(55(2,3)4)34-44(31-41)56(5,6)7)62-54(61-52)42-32-45(57(8,9)10)35-46(33-42)58(11,12)13;1-56(2,3)47-32-45(33-48(36-47)57(4,5)6)41-20-15-22-43(30-41)54-60-53(40-28-26-39(27-29-40)52-25-17-19-38-18-13-14-24-51(38)52)61-55(62-54)44-23-16-21-42(31-44)46-34-49(58(7,8)9)37-50(35-46)59(10,11)12/h16-35H,1-15H3;13-37H,1-12H3. The molecule has 0 saturated carbocycles. The van der Waals surface area contributed by atoms with Gasteiger partial charge in [0.1, 0.15) is 0 Å². The van der Waals surface area contributed by atoms with Crippen molar-refractivity contribution in [1.29, 1.82) is 0 Å². The molecule has 1 aliphatic carbocycles. The first-order valence-electron chi connectivity index (χ1n) is 44.5. The van der Waals surface area contributed by atoms with Crippen molar-refractivity contribution in [2.24, 2.45) is 0 Å². The van der Waals surface area contributed by atoms with Gasteiger partial charge >= 0.3 is 0 Å². The predicted molar refractivity (Wildman–Crippen MR) is 529 cm³/mol. The fourth-order valence-corrected chi connectivity index (χ4v) is 17.0. The molecule has 2 heterocycles. The van der Waals surface area contributed by atoms with Gasteiger partial charge in [-0.3, -0.25) is 0 Å². The Morgan fingerprint density at radius 3 is 0.847 bits per heavy atom. The lowest BCUT2D eigenvalue weighted by Gasteiger charge is -2.26. The normalized spacial score (nSPS) is 13.2. The molecule has 1 aliphatic rings. The minimum Gasteiger partial charge on any atom is -0.208 e. The Bertz CT molecular complexity index is 6220. The molecule has 0 aliphatic heterocycles. The summed E-state index contributed by atoms with van der Waals surface area (Å²) in [6.45, 7) is 61.8. The van der Waals surface area contributed by atoms with Gasteiger partial charge < -0.3 is 0 Å². The lowest BCUT2D eigenvalue weighted by Crippen LogP contribution is -2.17. The van der Waals surface area contributed by atoms with Gasteiger partial charge in [0.2, 0.25) is 0 Å². The fraction of sp³-hybridized carbons (Fsp3) is 0.305. The van der Waals surface area contributed by atoms with Crippen molar-refractivity contribution in [3.63, 3.8) is 0 Å². The molecule has 0 amide bonds. The van der Waals surface area contributed by atoms with E-state index in [1.165, 1.54) is 111 Å². The molecule has 0 saturated heterocycles. The molecular formula is C118H126N6. The molecule has 2 aromatic heterocycles. The largest absolute Gasteiger partial charge is 0.208 e. The highest BCUT2D eigenvalue weighted by Crippen LogP contribution is 2.53. The summed E-state index contributed by atoms with van der Waals surface area (Å²) in [5.74, 6) is 3.95. The molecule has 13 aromatic carbocycles. The Balaban J connectivity index is 0.000000192. The zero-order chi connectivity index (χ0) is 88.9. The van der Waals surface area contributed by atoms with Crippen LogP contribution in [0.3, 0.4) is 0 Å². The second-order valence-electron chi connectivity index (χ2n) is 43.6. The predicted octanol–water partition coefficient (Wildman–Crippen LogP) is 32.2. The van der Waals surface area contributed by atoms with Gasteiger partial charge in [-0.15, -0.1) is 0 Å². The topological polar surface area (TPSA) is 77.3 Å². The first-order valence-corrected chi connectivity index (χ1v) is 44.5. The van der Waals surface area contributed by atoms with Crippen molar-refractivity contribution in [3.8, 4) is 135 Å². The van der Waals surface area contributed by atoms with Crippen LogP contribution in [0.5, 0.6) is 0 Å². The summed E-state index contributed by atoms with van der Waals surface area (Å²) in [5.41, 5.74) is 34.4. The van der Waals surface area contributed by atoms with Gasteiger partial charge in [0.25, 0.3) is 0 Å². The van der Waals surface area contributed by atoms with E-state index in [-0.39, 0.29) is 48.7 Å². The average Bonchev–Trinajstić information content (AvgIpc) is 1.56. The van der Waals surface area contributed by atoms with Crippen molar-refractivity contribution in [3.05, 3.63) is 334 Å². The van der Waals surface area contributed by atoms with E-state index in [1.54, 1.807) is 0 Å². The van der Waals surface area contributed by atoms with E-state index < -0.39 is 0 Å². The van der Waals surface area contributed by atoms with Crippen molar-refractivity contribution in [2.45, 2.75) is 236 Å². The molecule has 15 aromatic rings. The maximum atomic E-state index is 5.36. The number of rotatable bonds is 11. The van der Waals surface area contributed by atoms with E-state index in [9.17, 15) is 0 Å². The van der Waals surface area contributed by atoms with E-state index in [4.69, 9.17) is 29.9 Å². The number of aromatic nitrogens is 6. The highest BCUT2D eigenvalue weighted by Gasteiger charge is 2.38. The third kappa shape index (κ3) is 18.5. The Morgan fingerprint density at radius 2 is 0.468 bits per heavy atom. The fourth-order valence-electron chi connectivity index (χ4n) is 17.0. The SMILES string of the molecule is CC(C)(C)c1cc(-c2cccc(-c3nc(-c4ccc(-c5cccc6ccccc56)cc4)nc(-c4cccc(-c5cc(C(C)(C)C)cc(C(C)(C)C)c5)c4)n3)c2)cc(C(C)(C)C)c1.Cc1ccc2c(c1)C(C)(C)c1c(-c3cccc(-c4cccc(-c5nc(-c6cc(C(C)(C)C)cc(C(C)(C)C)c6)nc(-c6cc(C(C)(C)C)cc(C(C)(C)C)c6)n5)c4)c3)cccc1-2. The van der Waals surface area contributed by atoms with Crippen molar-refractivity contribution in [2.75, 3.05) is 0 Å². The van der Waals surface area contributed by atoms with E-state index >= 15 is 0 Å². The quantitative estimate of drug-likeness (QED) is 0.128. The summed E-state index contributed by atoms with van der Waals surface area (Å²) in [5, 5.41) is 2.46. The third-order valence-electron chi connectivity index (χ3n) is 25.1. The van der Waals surface area contributed by atoms with Crippen LogP contribution in [0.4, 0.5) is 0 Å². The van der Waals surface area contributed by atoms with Crippen LogP contribution in [-0.2, 0) is 48.7 Å². The van der Waals surface area contributed by atoms with Crippen LogP contribution in [0.25, 0.3) is 146 Å². The molecular weight excluding hydrogens is 1500 g/mol. The number of aryl methyl sites for hydroxylation is 1. The number of hydrogen-bond donors (Lipinski definition) is 0. The zero-order valence-electron chi connectivity index (χ0n) is 78.7. The zero-order valence-corrected chi connectivity index (χ0v) is 78.7. The van der Waals surface area contributed by atoms with E-state index in [2.05, 4.69) is 460 Å². The minimum atomic E-state index is -0.114. The van der Waals surface area contributed by atoms with Gasteiger partial charge in [0, 0.05) is 38.8 Å². The lowest BCUT2D eigenvalue weighted by molar-refractivity contribution is 0.568. The molecule has 0 unspecified atom stereocenters. The van der Waals surface area contributed by atoms with Gasteiger partial charge in [0.15, 0.2) is 34.9 Å². The summed E-state index contributed by atoms with van der Waals surface area (Å²) in [4.78, 5) is 31.8. The van der Waals surface area contributed by atoms with Crippen LogP contribution in [0.2, 0.25) is 0 Å². The molecule has 124 heavy (non-hydrogen) atoms. The highest BCUT2D eigenvalue weighted by atomic mass is 15.0. The van der Waals surface area contributed by atoms with Gasteiger partial charge in [-0.05, 0) is 232 Å². The van der Waals surface area contributed by atoms with E-state index in [0.29, 0.717) is 34.9 Å². The van der Waals surface area contributed by atoms with Crippen LogP contribution < -0.4 is 0 Å². The summed E-state index contributed by atoms with van der Waals surface area (Å²) in [7, 11) is 0. The molecule has 0 fully saturated rings. The monoisotopic (exact) mass is 1630 g/mol. The number of nitrogens with zero attached hydrogens (tertiary/aromatic N) is 6. The summed E-state index contributed by atoms with van der Waals surface area (Å²) < 4.78 is 0. The second-order valence-corrected chi connectivity index (χ2v) is 43.6. The Labute approximate surface area is 740 Å². The Morgan fingerprint density at radius 1 is 0.194 bits per heavy atom. The number of fused-ring (bicyclic) bond motifs is 4. The average molecular weight is 1630 g/mol. The van der Waals surface area contributed by atoms with Gasteiger partial charge in [-0.2, -0.15) is 0 Å². The van der Waals surface area contributed by atoms with E-state index in [0.717, 1.165) is 61.2 Å². The molecule has 0 bridgehead atoms. The van der Waals surface area contributed by atoms with Crippen molar-refractivity contribution in [1.82, 2.24) is 29.9 Å². The molecule has 6 heteroatoms. The highest BCUT2D eigenvalue weighted by molar-refractivity contribution is 5.97. The smallest absolute Gasteiger partial charge is 0.164 e. The van der Waals surface area contributed by atoms with Crippen LogP contribution in [-0.4, -0.2) is 29.9 Å². The van der Waals surface area contributed by atoms with Gasteiger partial charge in [-0.25, -0.2) is 29.9 Å². The van der Waals surface area contributed by atoms with Gasteiger partial charge in [0.05, 0.1) is 0 Å². The molecule has 16 rings (SSSR count). The van der Waals surface area contributed by atoms with Crippen LogP contribution in [0.15, 0.2) is 273 Å². The Kier molecular flexibility index (Phi) is 22.7. The van der Waals surface area contributed by atoms with Crippen molar-refractivity contribution < 1.29 is 0 Å². The number of hydrogen-bond acceptors (Lipinski definition) is 6. The minimum absolute atomic E-state index is 0.00566. The second kappa shape index (κ2) is 32.4. The Hall–Kier alpha value is -11.9. The molecule has 628 valence electrons. The summed E-state index contributed by atoms with van der Waals surface area (Å²) >= 11 is 0. The maximum absolute atomic E-state index is 5.36. The third-order valence-corrected chi connectivity index (χ3v) is 25.1. The van der Waals surface area contributed by atoms with Gasteiger partial charge in [-0.1, -0.05) is 410 Å². The van der Waals surface area contributed by atoms with Crippen LogP contribution in [0, 0.1) is 6.92 Å². The first kappa shape index (κ1) is 87.1.